The average molecular weight is 289 g/mol. The third-order valence-electron chi connectivity index (χ3n) is 4.83. The molecule has 0 spiro atoms. The van der Waals surface area contributed by atoms with E-state index in [0.717, 1.165) is 42.7 Å². The summed E-state index contributed by atoms with van der Waals surface area (Å²) in [5, 5.41) is 12.8. The quantitative estimate of drug-likeness (QED) is 0.877. The van der Waals surface area contributed by atoms with E-state index in [2.05, 4.69) is 34.5 Å². The van der Waals surface area contributed by atoms with Crippen molar-refractivity contribution in [1.82, 2.24) is 5.32 Å². The first-order valence-electron chi connectivity index (χ1n) is 7.96. The maximum Gasteiger partial charge on any atom is 0.0998 e. The van der Waals surface area contributed by atoms with Gasteiger partial charge >= 0.3 is 0 Å². The van der Waals surface area contributed by atoms with Crippen LogP contribution in [0.15, 0.2) is 42.5 Å². The molecule has 3 heteroatoms. The molecule has 0 aromatic heterocycles. The van der Waals surface area contributed by atoms with Gasteiger partial charge in [-0.2, -0.15) is 5.26 Å². The maximum absolute atomic E-state index is 9.31. The fourth-order valence-electron chi connectivity index (χ4n) is 3.74. The monoisotopic (exact) mass is 289 g/mol. The van der Waals surface area contributed by atoms with E-state index in [1.54, 1.807) is 0 Å². The molecule has 110 valence electrons. The Morgan fingerprint density at radius 2 is 2.05 bits per heavy atom. The van der Waals surface area contributed by atoms with E-state index < -0.39 is 0 Å². The minimum Gasteiger partial charge on any atom is -0.367 e. The van der Waals surface area contributed by atoms with Crippen molar-refractivity contribution in [3.05, 3.63) is 53.6 Å². The van der Waals surface area contributed by atoms with Crippen LogP contribution in [-0.4, -0.2) is 25.7 Å². The average Bonchev–Trinajstić information content (AvgIpc) is 2.75. The number of rotatable bonds is 1. The van der Waals surface area contributed by atoms with Crippen LogP contribution >= 0.6 is 0 Å². The Hall–Kier alpha value is -2.31. The van der Waals surface area contributed by atoms with Gasteiger partial charge < -0.3 is 10.2 Å². The molecule has 1 fully saturated rings. The smallest absolute Gasteiger partial charge is 0.0998 e. The summed E-state index contributed by atoms with van der Waals surface area (Å²) < 4.78 is 0. The highest BCUT2D eigenvalue weighted by Gasteiger charge is 2.30. The molecule has 1 atom stereocenters. The molecule has 2 aliphatic rings. The van der Waals surface area contributed by atoms with Gasteiger partial charge in [-0.1, -0.05) is 24.3 Å². The predicted molar refractivity (Wildman–Crippen MR) is 88.9 cm³/mol. The number of hydrogen-bond acceptors (Lipinski definition) is 3. The van der Waals surface area contributed by atoms with Crippen molar-refractivity contribution >= 4 is 5.69 Å². The lowest BCUT2D eigenvalue weighted by molar-refractivity contribution is 0.612. The van der Waals surface area contributed by atoms with Crippen LogP contribution in [0.3, 0.4) is 0 Å². The highest BCUT2D eigenvalue weighted by atomic mass is 15.2. The van der Waals surface area contributed by atoms with Crippen molar-refractivity contribution in [2.45, 2.75) is 18.9 Å². The van der Waals surface area contributed by atoms with Crippen LogP contribution in [0.25, 0.3) is 11.1 Å². The Morgan fingerprint density at radius 3 is 2.95 bits per heavy atom. The van der Waals surface area contributed by atoms with E-state index in [4.69, 9.17) is 0 Å². The van der Waals surface area contributed by atoms with Gasteiger partial charge in [0.25, 0.3) is 0 Å². The van der Waals surface area contributed by atoms with Gasteiger partial charge in [-0.3, -0.25) is 0 Å². The minimum absolute atomic E-state index is 0.631. The van der Waals surface area contributed by atoms with Crippen molar-refractivity contribution in [1.29, 1.82) is 5.26 Å². The molecule has 2 heterocycles. The Kier molecular flexibility index (Phi) is 3.32. The summed E-state index contributed by atoms with van der Waals surface area (Å²) in [5.74, 6) is 0. The highest BCUT2D eigenvalue weighted by molar-refractivity contribution is 5.75. The molecule has 1 saturated heterocycles. The first-order chi connectivity index (χ1) is 10.9. The van der Waals surface area contributed by atoms with Crippen LogP contribution in [0.5, 0.6) is 0 Å². The molecular weight excluding hydrogens is 270 g/mol. The molecule has 4 rings (SSSR count). The second kappa shape index (κ2) is 5.47. The van der Waals surface area contributed by atoms with Crippen LogP contribution < -0.4 is 10.2 Å². The van der Waals surface area contributed by atoms with E-state index in [9.17, 15) is 5.26 Å². The normalized spacial score (nSPS) is 20.0. The minimum atomic E-state index is 0.631. The lowest BCUT2D eigenvalue weighted by Gasteiger charge is -2.24. The zero-order valence-corrected chi connectivity index (χ0v) is 12.5. The Labute approximate surface area is 131 Å². The number of benzene rings is 2. The Bertz CT molecular complexity index is 745. The molecule has 0 amide bonds. The van der Waals surface area contributed by atoms with Gasteiger partial charge in [0.2, 0.25) is 0 Å². The van der Waals surface area contributed by atoms with E-state index in [-0.39, 0.29) is 0 Å². The summed E-state index contributed by atoms with van der Waals surface area (Å²) in [6, 6.07) is 17.5. The molecule has 1 N–H and O–H groups in total. The zero-order chi connectivity index (χ0) is 14.9. The molecule has 1 unspecified atom stereocenters. The molecule has 0 bridgehead atoms. The van der Waals surface area contributed by atoms with Crippen LogP contribution in [-0.2, 0) is 6.42 Å². The SMILES string of the molecule is N#Cc1ccccc1-c1ccc2c(c1)CC1CCNCCN21. The topological polar surface area (TPSA) is 39.1 Å². The van der Waals surface area contributed by atoms with E-state index >= 15 is 0 Å². The summed E-state index contributed by atoms with van der Waals surface area (Å²) >= 11 is 0. The third-order valence-corrected chi connectivity index (χ3v) is 4.83. The van der Waals surface area contributed by atoms with E-state index in [1.165, 1.54) is 17.7 Å². The highest BCUT2D eigenvalue weighted by Crippen LogP contribution is 2.37. The number of hydrogen-bond donors (Lipinski definition) is 1. The summed E-state index contributed by atoms with van der Waals surface area (Å²) in [4.78, 5) is 2.55. The summed E-state index contributed by atoms with van der Waals surface area (Å²) in [5.41, 5.74) is 5.76. The van der Waals surface area contributed by atoms with Gasteiger partial charge in [0.1, 0.15) is 0 Å². The Balaban J connectivity index is 1.74. The van der Waals surface area contributed by atoms with Crippen molar-refractivity contribution < 1.29 is 0 Å². The predicted octanol–water partition coefficient (Wildman–Crippen LogP) is 2.95. The lowest BCUT2D eigenvalue weighted by Crippen LogP contribution is -2.32. The molecule has 3 nitrogen and oxygen atoms in total. The fourth-order valence-corrected chi connectivity index (χ4v) is 3.74. The van der Waals surface area contributed by atoms with Crippen molar-refractivity contribution in [2.75, 3.05) is 24.5 Å². The first kappa shape index (κ1) is 13.4. The Morgan fingerprint density at radius 1 is 1.14 bits per heavy atom. The molecule has 2 aromatic carbocycles. The number of fused-ring (bicyclic) bond motifs is 3. The van der Waals surface area contributed by atoms with Crippen molar-refractivity contribution in [3.63, 3.8) is 0 Å². The maximum atomic E-state index is 9.31. The van der Waals surface area contributed by atoms with Crippen molar-refractivity contribution in [3.8, 4) is 17.2 Å². The zero-order valence-electron chi connectivity index (χ0n) is 12.5. The number of nitrogens with zero attached hydrogens (tertiary/aromatic N) is 2. The summed E-state index contributed by atoms with van der Waals surface area (Å²) in [6.45, 7) is 3.26. The molecule has 0 aliphatic carbocycles. The molecule has 22 heavy (non-hydrogen) atoms. The second-order valence-corrected chi connectivity index (χ2v) is 6.09. The number of anilines is 1. The number of nitriles is 1. The largest absolute Gasteiger partial charge is 0.367 e. The summed E-state index contributed by atoms with van der Waals surface area (Å²) in [7, 11) is 0. The molecule has 2 aromatic rings. The third kappa shape index (κ3) is 2.17. The van der Waals surface area contributed by atoms with Crippen LogP contribution in [0.4, 0.5) is 5.69 Å². The molecular formula is C19H19N3. The summed E-state index contributed by atoms with van der Waals surface area (Å²) in [6.07, 6.45) is 2.33. The van der Waals surface area contributed by atoms with Crippen LogP contribution in [0, 0.1) is 11.3 Å². The van der Waals surface area contributed by atoms with Gasteiger partial charge in [-0.25, -0.2) is 0 Å². The van der Waals surface area contributed by atoms with Crippen LogP contribution in [0.2, 0.25) is 0 Å². The van der Waals surface area contributed by atoms with Crippen molar-refractivity contribution in [2.24, 2.45) is 0 Å². The van der Waals surface area contributed by atoms with Gasteiger partial charge in [-0.15, -0.1) is 0 Å². The van der Waals surface area contributed by atoms with Gasteiger partial charge in [-0.05, 0) is 54.3 Å². The molecule has 0 saturated carbocycles. The molecule has 0 radical (unpaired) electrons. The standard InChI is InChI=1S/C19H19N3/c20-13-15-3-1-2-4-18(15)14-5-6-19-16(11-14)12-17-7-8-21-9-10-22(17)19/h1-6,11,17,21H,7-10,12H2. The van der Waals surface area contributed by atoms with Gasteiger partial charge in [0, 0.05) is 24.8 Å². The molecule has 2 aliphatic heterocycles. The number of nitrogens with one attached hydrogen (secondary N) is 1. The van der Waals surface area contributed by atoms with Gasteiger partial charge in [0.15, 0.2) is 0 Å². The second-order valence-electron chi connectivity index (χ2n) is 6.09. The first-order valence-corrected chi connectivity index (χ1v) is 7.96. The van der Waals surface area contributed by atoms with Crippen LogP contribution in [0.1, 0.15) is 17.5 Å². The lowest BCUT2D eigenvalue weighted by atomic mass is 9.97. The van der Waals surface area contributed by atoms with Gasteiger partial charge in [0.05, 0.1) is 11.6 Å². The van der Waals surface area contributed by atoms with E-state index in [1.807, 2.05) is 24.3 Å². The fraction of sp³-hybridized carbons (Fsp3) is 0.316. The van der Waals surface area contributed by atoms with E-state index in [0.29, 0.717) is 6.04 Å².